The second-order valence-corrected chi connectivity index (χ2v) is 3.19. The van der Waals surface area contributed by atoms with Crippen LogP contribution in [0, 0.1) is 16.0 Å². The fourth-order valence-corrected chi connectivity index (χ4v) is 0.655. The minimum atomic E-state index is -0.478. The van der Waals surface area contributed by atoms with E-state index in [4.69, 9.17) is 0 Å². The quantitative estimate of drug-likeness (QED) is 0.480. The molecule has 0 amide bonds. The Morgan fingerprint density at radius 1 is 1.36 bits per heavy atom. The minimum Gasteiger partial charge on any atom is -0.310 e. The summed E-state index contributed by atoms with van der Waals surface area (Å²) in [5.41, 5.74) is 0. The first-order valence-corrected chi connectivity index (χ1v) is 3.88. The molecule has 0 radical (unpaired) electrons. The molecular formula is C7H16N2O2. The predicted octanol–water partition coefficient (Wildman–Crippen LogP) is 0.897. The summed E-state index contributed by atoms with van der Waals surface area (Å²) < 4.78 is 0. The van der Waals surface area contributed by atoms with Crippen LogP contribution in [0.3, 0.4) is 0 Å². The average molecular weight is 160 g/mol. The molecule has 0 aromatic carbocycles. The Morgan fingerprint density at radius 3 is 2.27 bits per heavy atom. The van der Waals surface area contributed by atoms with Gasteiger partial charge in [-0.25, -0.2) is 0 Å². The molecule has 0 aliphatic carbocycles. The SMILES string of the molecule is CC(C)CNCC(C)[N+](=O)[O-]. The highest BCUT2D eigenvalue weighted by molar-refractivity contribution is 4.55. The lowest BCUT2D eigenvalue weighted by molar-refractivity contribution is -0.515. The molecule has 11 heavy (non-hydrogen) atoms. The van der Waals surface area contributed by atoms with Crippen molar-refractivity contribution in [2.45, 2.75) is 26.8 Å². The molecule has 0 rings (SSSR count). The number of hydrogen-bond donors (Lipinski definition) is 1. The largest absolute Gasteiger partial charge is 0.310 e. The van der Waals surface area contributed by atoms with E-state index >= 15 is 0 Å². The van der Waals surface area contributed by atoms with Crippen LogP contribution in [0.5, 0.6) is 0 Å². The fraction of sp³-hybridized carbons (Fsp3) is 1.00. The van der Waals surface area contributed by atoms with Gasteiger partial charge in [-0.3, -0.25) is 10.1 Å². The molecule has 4 heteroatoms. The summed E-state index contributed by atoms with van der Waals surface area (Å²) in [6.45, 7) is 7.06. The molecule has 0 fully saturated rings. The Labute approximate surface area is 67.1 Å². The van der Waals surface area contributed by atoms with Gasteiger partial charge in [0.05, 0.1) is 6.54 Å². The second-order valence-electron chi connectivity index (χ2n) is 3.19. The first kappa shape index (κ1) is 10.4. The van der Waals surface area contributed by atoms with Crippen LogP contribution in [0.15, 0.2) is 0 Å². The first-order valence-electron chi connectivity index (χ1n) is 3.88. The van der Waals surface area contributed by atoms with E-state index in [1.807, 2.05) is 0 Å². The summed E-state index contributed by atoms with van der Waals surface area (Å²) in [5.74, 6) is 0.550. The molecule has 0 bridgehead atoms. The molecule has 0 saturated heterocycles. The molecule has 0 aromatic heterocycles. The average Bonchev–Trinajstić information content (AvgIpc) is 1.86. The Kier molecular flexibility index (Phi) is 4.77. The van der Waals surface area contributed by atoms with E-state index in [9.17, 15) is 10.1 Å². The van der Waals surface area contributed by atoms with Gasteiger partial charge in [0, 0.05) is 11.8 Å². The van der Waals surface area contributed by atoms with E-state index < -0.39 is 6.04 Å². The van der Waals surface area contributed by atoms with Crippen molar-refractivity contribution in [2.75, 3.05) is 13.1 Å². The Hall–Kier alpha value is -0.640. The monoisotopic (exact) mass is 160 g/mol. The summed E-state index contributed by atoms with van der Waals surface area (Å²) in [5, 5.41) is 13.2. The zero-order valence-electron chi connectivity index (χ0n) is 7.33. The summed E-state index contributed by atoms with van der Waals surface area (Å²) in [7, 11) is 0. The van der Waals surface area contributed by atoms with Crippen LogP contribution in [0.1, 0.15) is 20.8 Å². The summed E-state index contributed by atoms with van der Waals surface area (Å²) in [6.07, 6.45) is 0. The van der Waals surface area contributed by atoms with Crippen LogP contribution in [-0.4, -0.2) is 24.1 Å². The summed E-state index contributed by atoms with van der Waals surface area (Å²) in [6, 6.07) is -0.478. The van der Waals surface area contributed by atoms with Crippen LogP contribution in [0.2, 0.25) is 0 Å². The van der Waals surface area contributed by atoms with Crippen LogP contribution >= 0.6 is 0 Å². The van der Waals surface area contributed by atoms with Crippen molar-refractivity contribution in [1.82, 2.24) is 5.32 Å². The van der Waals surface area contributed by atoms with Crippen LogP contribution in [-0.2, 0) is 0 Å². The molecule has 0 aliphatic rings. The lowest BCUT2D eigenvalue weighted by atomic mass is 10.2. The molecule has 1 atom stereocenters. The Balaban J connectivity index is 3.31. The highest BCUT2D eigenvalue weighted by Gasteiger charge is 2.10. The number of rotatable bonds is 5. The smallest absolute Gasteiger partial charge is 0.222 e. The van der Waals surface area contributed by atoms with Crippen LogP contribution in [0.25, 0.3) is 0 Å². The third-order valence-electron chi connectivity index (χ3n) is 1.35. The zero-order valence-corrected chi connectivity index (χ0v) is 7.33. The van der Waals surface area contributed by atoms with Crippen molar-refractivity contribution in [3.8, 4) is 0 Å². The number of nitro groups is 1. The summed E-state index contributed by atoms with van der Waals surface area (Å²) >= 11 is 0. The van der Waals surface area contributed by atoms with Gasteiger partial charge < -0.3 is 5.32 Å². The molecule has 0 aromatic rings. The van der Waals surface area contributed by atoms with Crippen LogP contribution in [0.4, 0.5) is 0 Å². The van der Waals surface area contributed by atoms with E-state index in [1.165, 1.54) is 0 Å². The van der Waals surface area contributed by atoms with Crippen molar-refractivity contribution in [2.24, 2.45) is 5.92 Å². The van der Waals surface area contributed by atoms with E-state index in [2.05, 4.69) is 19.2 Å². The maximum atomic E-state index is 10.1. The normalized spacial score (nSPS) is 13.5. The van der Waals surface area contributed by atoms with E-state index in [-0.39, 0.29) is 4.92 Å². The Bertz CT molecular complexity index is 126. The van der Waals surface area contributed by atoms with Gasteiger partial charge in [0.15, 0.2) is 0 Å². The highest BCUT2D eigenvalue weighted by Crippen LogP contribution is 1.89. The standard InChI is InChI=1S/C7H16N2O2/c1-6(2)4-8-5-7(3)9(10)11/h6-8H,4-5H2,1-3H3. The molecular weight excluding hydrogens is 144 g/mol. The van der Waals surface area contributed by atoms with Crippen molar-refractivity contribution in [3.05, 3.63) is 10.1 Å². The lowest BCUT2D eigenvalue weighted by Crippen LogP contribution is -2.32. The van der Waals surface area contributed by atoms with Gasteiger partial charge in [0.1, 0.15) is 0 Å². The van der Waals surface area contributed by atoms with Gasteiger partial charge in [-0.15, -0.1) is 0 Å². The lowest BCUT2D eigenvalue weighted by Gasteiger charge is -2.07. The van der Waals surface area contributed by atoms with Crippen LogP contribution < -0.4 is 5.32 Å². The third-order valence-corrected chi connectivity index (χ3v) is 1.35. The van der Waals surface area contributed by atoms with Gasteiger partial charge in [0.25, 0.3) is 0 Å². The summed E-state index contributed by atoms with van der Waals surface area (Å²) in [4.78, 5) is 9.87. The number of nitrogens with one attached hydrogen (secondary N) is 1. The first-order chi connectivity index (χ1) is 5.04. The molecule has 66 valence electrons. The number of hydrogen-bond acceptors (Lipinski definition) is 3. The van der Waals surface area contributed by atoms with Gasteiger partial charge in [-0.2, -0.15) is 0 Å². The maximum absolute atomic E-state index is 10.1. The van der Waals surface area contributed by atoms with Crippen molar-refractivity contribution >= 4 is 0 Å². The van der Waals surface area contributed by atoms with Gasteiger partial charge >= 0.3 is 0 Å². The van der Waals surface area contributed by atoms with Gasteiger partial charge in [0.2, 0.25) is 6.04 Å². The third kappa shape index (κ3) is 5.79. The predicted molar refractivity (Wildman–Crippen MR) is 44.2 cm³/mol. The maximum Gasteiger partial charge on any atom is 0.222 e. The molecule has 4 nitrogen and oxygen atoms in total. The van der Waals surface area contributed by atoms with E-state index in [1.54, 1.807) is 6.92 Å². The van der Waals surface area contributed by atoms with E-state index in [0.29, 0.717) is 12.5 Å². The van der Waals surface area contributed by atoms with Crippen molar-refractivity contribution in [3.63, 3.8) is 0 Å². The minimum absolute atomic E-state index is 0.271. The van der Waals surface area contributed by atoms with Crippen molar-refractivity contribution in [1.29, 1.82) is 0 Å². The molecule has 0 aliphatic heterocycles. The number of nitrogens with zero attached hydrogens (tertiary/aromatic N) is 1. The fourth-order valence-electron chi connectivity index (χ4n) is 0.655. The Morgan fingerprint density at radius 2 is 1.91 bits per heavy atom. The molecule has 1 N–H and O–H groups in total. The van der Waals surface area contributed by atoms with Crippen molar-refractivity contribution < 1.29 is 4.92 Å². The van der Waals surface area contributed by atoms with Gasteiger partial charge in [-0.1, -0.05) is 13.8 Å². The topological polar surface area (TPSA) is 55.2 Å². The zero-order chi connectivity index (χ0) is 8.85. The molecule has 0 spiro atoms. The molecule has 1 unspecified atom stereocenters. The van der Waals surface area contributed by atoms with Gasteiger partial charge in [-0.05, 0) is 12.5 Å². The molecule has 0 saturated carbocycles. The highest BCUT2D eigenvalue weighted by atomic mass is 16.6. The second kappa shape index (κ2) is 5.07. The molecule has 0 heterocycles. The van der Waals surface area contributed by atoms with E-state index in [0.717, 1.165) is 6.54 Å².